The Morgan fingerprint density at radius 1 is 0.967 bits per heavy atom. The number of nitrogens with one attached hydrogen (secondary N) is 1. The lowest BCUT2D eigenvalue weighted by Gasteiger charge is -2.24. The predicted octanol–water partition coefficient (Wildman–Crippen LogP) is -0.663. The number of carbonyl (C=O) groups excluding carboxylic acids is 2. The van der Waals surface area contributed by atoms with Crippen molar-refractivity contribution in [3.63, 3.8) is 0 Å². The molecule has 0 radical (unpaired) electrons. The first-order valence-electron chi connectivity index (χ1n) is 9.05. The van der Waals surface area contributed by atoms with Crippen LogP contribution in [0.2, 0.25) is 0 Å². The summed E-state index contributed by atoms with van der Waals surface area (Å²) in [5.74, 6) is -1.20. The minimum atomic E-state index is -4.14. The molecule has 2 aromatic rings. The first-order valence-corrected chi connectivity index (χ1v) is 10.5. The summed E-state index contributed by atoms with van der Waals surface area (Å²) in [6, 6.07) is 15.2. The van der Waals surface area contributed by atoms with Gasteiger partial charge in [0.1, 0.15) is 5.69 Å². The largest absolute Gasteiger partial charge is 0.386 e. The van der Waals surface area contributed by atoms with Crippen molar-refractivity contribution >= 4 is 49.5 Å². The summed E-state index contributed by atoms with van der Waals surface area (Å²) in [6.07, 6.45) is 0. The molecule has 0 saturated carbocycles. The Labute approximate surface area is 173 Å². The van der Waals surface area contributed by atoms with E-state index in [2.05, 4.69) is 10.2 Å². The second-order valence-corrected chi connectivity index (χ2v) is 8.63. The molecule has 2 aromatic carbocycles. The Balaban J connectivity index is 1.79. The highest BCUT2D eigenvalue weighted by Gasteiger charge is 2.47. The van der Waals surface area contributed by atoms with Crippen LogP contribution in [0.25, 0.3) is 0 Å². The zero-order valence-electron chi connectivity index (χ0n) is 16.5. The minimum absolute atomic E-state index is 0.0147. The van der Waals surface area contributed by atoms with Crippen LogP contribution in [0.3, 0.4) is 0 Å². The Kier molecular flexibility index (Phi) is 4.58. The number of nitrogens with zero attached hydrogens (tertiary/aromatic N) is 4. The molecular weight excluding hydrogens is 406 g/mol. The maximum absolute atomic E-state index is 13.0. The van der Waals surface area contributed by atoms with Gasteiger partial charge in [0, 0.05) is 19.1 Å². The topological polar surface area (TPSA) is 104 Å². The molecule has 0 saturated heterocycles. The van der Waals surface area contributed by atoms with Crippen molar-refractivity contribution in [1.29, 1.82) is 0 Å². The van der Waals surface area contributed by atoms with E-state index in [0.29, 0.717) is 11.4 Å². The molecule has 4 rings (SSSR count). The molecule has 0 fully saturated rings. The molecule has 2 aliphatic rings. The highest BCUT2D eigenvalue weighted by Crippen LogP contribution is 2.30. The summed E-state index contributed by atoms with van der Waals surface area (Å²) in [6.45, 7) is 1.70. The third-order valence-corrected chi connectivity index (χ3v) is 6.78. The number of anilines is 2. The van der Waals surface area contributed by atoms with Gasteiger partial charge in [0.05, 0.1) is 10.6 Å². The monoisotopic (exact) mass is 425 g/mol. The Morgan fingerprint density at radius 3 is 2.30 bits per heavy atom. The molecule has 152 valence electrons. The van der Waals surface area contributed by atoms with E-state index in [-0.39, 0.29) is 16.3 Å². The summed E-state index contributed by atoms with van der Waals surface area (Å²) in [4.78, 5) is 26.8. The van der Waals surface area contributed by atoms with Gasteiger partial charge in [0.2, 0.25) is 9.84 Å². The van der Waals surface area contributed by atoms with Crippen molar-refractivity contribution in [2.45, 2.75) is 11.8 Å². The highest BCUT2D eigenvalue weighted by atomic mass is 32.2. The predicted molar refractivity (Wildman–Crippen MR) is 111 cm³/mol. The second kappa shape index (κ2) is 6.99. The number of carbonyl (C=O) groups is 2. The number of fused-ring (bicyclic) bond motifs is 1. The number of hydrogen-bond acceptors (Lipinski definition) is 5. The standard InChI is InChI=1S/C20H18N5O4S/c1-13-17(19(26)25(24(13)3)14-9-5-4-6-10-14)21-22-18-20(27)23(2)15-11-7-8-12-16(15)30(18,28)29/h4-12H,1-3H3/q+1/p+1. The third-order valence-electron chi connectivity index (χ3n) is 5.08. The SMILES string of the molecule is CC1=[N+](C)N(c2ccccc2)C(=O)C1=[NH+]N=C1C(=O)N(C)c2ccccc2S1(=O)=O. The van der Waals surface area contributed by atoms with Crippen LogP contribution in [0.15, 0.2) is 64.6 Å². The van der Waals surface area contributed by atoms with Crippen LogP contribution in [0, 0.1) is 0 Å². The molecule has 0 aliphatic carbocycles. The smallest absolute Gasteiger partial charge is 0.308 e. The van der Waals surface area contributed by atoms with Crippen LogP contribution in [0.5, 0.6) is 0 Å². The first-order chi connectivity index (χ1) is 14.2. The minimum Gasteiger partial charge on any atom is -0.308 e. The van der Waals surface area contributed by atoms with Gasteiger partial charge >= 0.3 is 11.6 Å². The fraction of sp³-hybridized carbons (Fsp3) is 0.150. The average molecular weight is 425 g/mol. The number of rotatable bonds is 2. The first kappa shape index (κ1) is 19.6. The van der Waals surface area contributed by atoms with Crippen LogP contribution < -0.4 is 15.0 Å². The van der Waals surface area contributed by atoms with Gasteiger partial charge in [-0.05, 0) is 24.3 Å². The fourth-order valence-electron chi connectivity index (χ4n) is 3.35. The molecule has 1 N–H and O–H groups in total. The van der Waals surface area contributed by atoms with Crippen molar-refractivity contribution in [3.05, 3.63) is 54.6 Å². The average Bonchev–Trinajstić information content (AvgIpc) is 2.95. The number of hydrogen-bond donors (Lipinski definition) is 1. The van der Waals surface area contributed by atoms with Gasteiger partial charge in [0.15, 0.2) is 7.05 Å². The molecule has 30 heavy (non-hydrogen) atoms. The summed E-state index contributed by atoms with van der Waals surface area (Å²) in [5.41, 5.74) is 1.54. The number of sulfone groups is 1. The second-order valence-electron chi connectivity index (χ2n) is 6.80. The van der Waals surface area contributed by atoms with Crippen LogP contribution in [-0.2, 0) is 19.4 Å². The van der Waals surface area contributed by atoms with E-state index in [1.807, 2.05) is 6.07 Å². The van der Waals surface area contributed by atoms with Crippen LogP contribution in [0.1, 0.15) is 6.92 Å². The van der Waals surface area contributed by atoms with E-state index < -0.39 is 26.7 Å². The van der Waals surface area contributed by atoms with Gasteiger partial charge in [-0.2, -0.15) is 0 Å². The van der Waals surface area contributed by atoms with E-state index >= 15 is 0 Å². The Morgan fingerprint density at radius 2 is 1.60 bits per heavy atom. The quantitative estimate of drug-likeness (QED) is 0.509. The fourth-order valence-corrected chi connectivity index (χ4v) is 4.82. The van der Waals surface area contributed by atoms with Crippen molar-refractivity contribution in [2.75, 3.05) is 24.0 Å². The van der Waals surface area contributed by atoms with Gasteiger partial charge in [-0.15, -0.1) is 0 Å². The summed E-state index contributed by atoms with van der Waals surface area (Å²) in [7, 11) is -0.959. The molecule has 0 atom stereocenters. The zero-order valence-corrected chi connectivity index (χ0v) is 17.3. The van der Waals surface area contributed by atoms with Crippen molar-refractivity contribution in [1.82, 2.24) is 0 Å². The molecular formula is C20H19N5O4S+2. The van der Waals surface area contributed by atoms with E-state index in [1.54, 1.807) is 61.1 Å². The summed E-state index contributed by atoms with van der Waals surface area (Å²) in [5, 5.41) is 7.15. The van der Waals surface area contributed by atoms with E-state index in [1.165, 1.54) is 23.0 Å². The zero-order chi connectivity index (χ0) is 21.6. The van der Waals surface area contributed by atoms with Gasteiger partial charge < -0.3 is 4.90 Å². The molecule has 2 aliphatic heterocycles. The normalized spacial score (nSPS) is 21.0. The lowest BCUT2D eigenvalue weighted by molar-refractivity contribution is -0.496. The molecule has 2 heterocycles. The molecule has 0 aromatic heterocycles. The highest BCUT2D eigenvalue weighted by molar-refractivity contribution is 8.08. The maximum atomic E-state index is 13.0. The maximum Gasteiger partial charge on any atom is 0.386 e. The molecule has 0 bridgehead atoms. The third kappa shape index (κ3) is 2.84. The number of hydrazine groups is 1. The van der Waals surface area contributed by atoms with Crippen LogP contribution in [-0.4, -0.2) is 55.5 Å². The molecule has 2 amide bonds. The lowest BCUT2D eigenvalue weighted by Crippen LogP contribution is -2.71. The summed E-state index contributed by atoms with van der Waals surface area (Å²) < 4.78 is 27.5. The molecule has 10 heteroatoms. The molecule has 9 nitrogen and oxygen atoms in total. The van der Waals surface area contributed by atoms with Crippen LogP contribution in [0.4, 0.5) is 11.4 Å². The van der Waals surface area contributed by atoms with Crippen molar-refractivity contribution in [2.24, 2.45) is 5.10 Å². The summed E-state index contributed by atoms with van der Waals surface area (Å²) >= 11 is 0. The number of amides is 2. The van der Waals surface area contributed by atoms with E-state index in [0.717, 1.165) is 0 Å². The van der Waals surface area contributed by atoms with Gasteiger partial charge in [-0.25, -0.2) is 8.42 Å². The Hall–Kier alpha value is -3.66. The number of hydrazone groups is 2. The molecule has 0 unspecified atom stereocenters. The Bertz CT molecular complexity index is 1280. The number of para-hydroxylation sites is 2. The van der Waals surface area contributed by atoms with Gasteiger partial charge in [-0.1, -0.05) is 45.1 Å². The van der Waals surface area contributed by atoms with Crippen LogP contribution >= 0.6 is 0 Å². The van der Waals surface area contributed by atoms with E-state index in [9.17, 15) is 18.0 Å². The van der Waals surface area contributed by atoms with Gasteiger partial charge in [-0.3, -0.25) is 9.59 Å². The van der Waals surface area contributed by atoms with Gasteiger partial charge in [0.25, 0.3) is 16.7 Å². The lowest BCUT2D eigenvalue weighted by atomic mass is 10.2. The van der Waals surface area contributed by atoms with Crippen molar-refractivity contribution in [3.8, 4) is 0 Å². The molecule has 0 spiro atoms. The van der Waals surface area contributed by atoms with Crippen molar-refractivity contribution < 1.29 is 27.8 Å². The van der Waals surface area contributed by atoms with E-state index in [4.69, 9.17) is 0 Å². The number of benzene rings is 2.